The zero-order valence-electron chi connectivity index (χ0n) is 21.6. The number of allylic oxidation sites excluding steroid dienone is 3. The van der Waals surface area contributed by atoms with E-state index in [-0.39, 0.29) is 5.41 Å². The first kappa shape index (κ1) is 28.1. The molecule has 0 N–H and O–H groups in total. The van der Waals surface area contributed by atoms with Gasteiger partial charge in [-0.25, -0.2) is 0 Å². The summed E-state index contributed by atoms with van der Waals surface area (Å²) in [5.74, 6) is 2.43. The van der Waals surface area contributed by atoms with Crippen molar-refractivity contribution >= 4 is 5.78 Å². The summed E-state index contributed by atoms with van der Waals surface area (Å²) in [6.07, 6.45) is 11.6. The molecule has 170 valence electrons. The Morgan fingerprint density at radius 3 is 2.21 bits per heavy atom. The van der Waals surface area contributed by atoms with Crippen molar-refractivity contribution in [2.24, 2.45) is 28.6 Å². The molecule has 0 bridgehead atoms. The lowest BCUT2D eigenvalue weighted by Gasteiger charge is -2.48. The number of rotatable bonds is 3. The van der Waals surface area contributed by atoms with Crippen molar-refractivity contribution in [1.29, 1.82) is 0 Å². The maximum atomic E-state index is 12.7. The summed E-state index contributed by atoms with van der Waals surface area (Å²) in [6.45, 7) is 25.5. The fourth-order valence-corrected chi connectivity index (χ4v) is 6.30. The van der Waals surface area contributed by atoms with E-state index in [2.05, 4.69) is 40.3 Å². The van der Waals surface area contributed by atoms with Crippen LogP contribution in [0.2, 0.25) is 0 Å². The number of fused-ring (bicyclic) bond motifs is 1. The molecule has 0 aromatic rings. The third-order valence-electron chi connectivity index (χ3n) is 7.42. The summed E-state index contributed by atoms with van der Waals surface area (Å²) in [7, 11) is 0. The van der Waals surface area contributed by atoms with Gasteiger partial charge in [0, 0.05) is 11.8 Å². The van der Waals surface area contributed by atoms with Gasteiger partial charge in [-0.15, -0.1) is 0 Å². The lowest BCUT2D eigenvalue weighted by Crippen LogP contribution is -2.40. The van der Waals surface area contributed by atoms with Crippen LogP contribution in [0.5, 0.6) is 0 Å². The van der Waals surface area contributed by atoms with Crippen LogP contribution in [-0.4, -0.2) is 5.78 Å². The minimum Gasteiger partial charge on any atom is -0.299 e. The summed E-state index contributed by atoms with van der Waals surface area (Å²) >= 11 is 0. The zero-order valence-corrected chi connectivity index (χ0v) is 21.6. The number of hydrogen-bond acceptors (Lipinski definition) is 1. The van der Waals surface area contributed by atoms with Gasteiger partial charge in [-0.2, -0.15) is 0 Å². The highest BCUT2D eigenvalue weighted by Crippen LogP contribution is 2.58. The van der Waals surface area contributed by atoms with Crippen molar-refractivity contribution in [3.8, 4) is 0 Å². The van der Waals surface area contributed by atoms with Gasteiger partial charge in [-0.3, -0.25) is 4.79 Å². The van der Waals surface area contributed by atoms with E-state index < -0.39 is 0 Å². The molecule has 2 fully saturated rings. The highest BCUT2D eigenvalue weighted by atomic mass is 16.1. The van der Waals surface area contributed by atoms with Crippen LogP contribution < -0.4 is 0 Å². The Kier molecular flexibility index (Phi) is 12.4. The molecule has 0 aromatic heterocycles. The molecule has 3 rings (SSSR count). The van der Waals surface area contributed by atoms with E-state index in [1.807, 2.05) is 41.5 Å². The monoisotopic (exact) mass is 404 g/mol. The zero-order chi connectivity index (χ0) is 22.8. The quantitative estimate of drug-likeness (QED) is 0.458. The molecule has 0 heterocycles. The van der Waals surface area contributed by atoms with Crippen LogP contribution in [0, 0.1) is 28.6 Å². The van der Waals surface area contributed by atoms with Crippen LogP contribution in [0.4, 0.5) is 0 Å². The second-order valence-electron chi connectivity index (χ2n) is 9.19. The molecule has 0 aliphatic heterocycles. The van der Waals surface area contributed by atoms with Crippen molar-refractivity contribution in [2.75, 3.05) is 0 Å². The van der Waals surface area contributed by atoms with Crippen molar-refractivity contribution in [3.05, 3.63) is 23.8 Å². The van der Waals surface area contributed by atoms with Crippen molar-refractivity contribution in [2.45, 2.75) is 121 Å². The summed E-state index contributed by atoms with van der Waals surface area (Å²) in [4.78, 5) is 12.7. The normalized spacial score (nSPS) is 35.7. The highest BCUT2D eigenvalue weighted by Gasteiger charge is 2.54. The number of ketones is 1. The first-order valence-electron chi connectivity index (χ1n) is 12.7. The molecule has 1 heteroatoms. The van der Waals surface area contributed by atoms with E-state index in [4.69, 9.17) is 0 Å². The first-order chi connectivity index (χ1) is 13.8. The molecule has 5 unspecified atom stereocenters. The van der Waals surface area contributed by atoms with Crippen LogP contribution in [-0.2, 0) is 4.79 Å². The fourth-order valence-electron chi connectivity index (χ4n) is 6.30. The van der Waals surface area contributed by atoms with E-state index in [9.17, 15) is 4.79 Å². The SMILES string of the molecule is C=C1C=C2CCC(C3C(C)CC(=O)C3(C)CCC)CC2(C)CC1.CC.CC.CC. The first-order valence-corrected chi connectivity index (χ1v) is 12.7. The van der Waals surface area contributed by atoms with Crippen molar-refractivity contribution in [1.82, 2.24) is 0 Å². The predicted molar refractivity (Wildman–Crippen MR) is 131 cm³/mol. The number of carbonyl (C=O) groups is 1. The van der Waals surface area contributed by atoms with Gasteiger partial charge in [0.05, 0.1) is 0 Å². The molecule has 5 atom stereocenters. The average Bonchev–Trinajstić information content (AvgIpc) is 2.95. The van der Waals surface area contributed by atoms with E-state index in [0.717, 1.165) is 31.6 Å². The second-order valence-corrected chi connectivity index (χ2v) is 9.19. The third kappa shape index (κ3) is 6.08. The number of carbonyl (C=O) groups excluding carboxylic acids is 1. The predicted octanol–water partition coefficient (Wildman–Crippen LogP) is 9.18. The molecular weight excluding hydrogens is 352 g/mol. The molecular formula is C28H52O. The van der Waals surface area contributed by atoms with Crippen LogP contribution >= 0.6 is 0 Å². The number of hydrogen-bond donors (Lipinski definition) is 0. The van der Waals surface area contributed by atoms with Gasteiger partial charge >= 0.3 is 0 Å². The summed E-state index contributed by atoms with van der Waals surface area (Å²) in [6, 6.07) is 0. The Labute approximate surface area is 183 Å². The lowest BCUT2D eigenvalue weighted by atomic mass is 9.56. The molecule has 1 nitrogen and oxygen atoms in total. The van der Waals surface area contributed by atoms with E-state index >= 15 is 0 Å². The van der Waals surface area contributed by atoms with Gasteiger partial charge in [0.25, 0.3) is 0 Å². The van der Waals surface area contributed by atoms with Crippen molar-refractivity contribution in [3.63, 3.8) is 0 Å². The molecule has 0 radical (unpaired) electrons. The highest BCUT2D eigenvalue weighted by molar-refractivity contribution is 5.87. The molecule has 29 heavy (non-hydrogen) atoms. The van der Waals surface area contributed by atoms with Crippen LogP contribution in [0.3, 0.4) is 0 Å². The Balaban J connectivity index is 0.00000120. The van der Waals surface area contributed by atoms with Crippen LogP contribution in [0.15, 0.2) is 23.8 Å². The Hall–Kier alpha value is -0.850. The van der Waals surface area contributed by atoms with Gasteiger partial charge in [0.1, 0.15) is 5.78 Å². The molecule has 3 aliphatic rings. The van der Waals surface area contributed by atoms with Gasteiger partial charge in [-0.1, -0.05) is 99.5 Å². The Morgan fingerprint density at radius 2 is 1.66 bits per heavy atom. The molecule has 0 amide bonds. The van der Waals surface area contributed by atoms with E-state index in [1.165, 1.54) is 31.3 Å². The van der Waals surface area contributed by atoms with E-state index in [0.29, 0.717) is 23.0 Å². The summed E-state index contributed by atoms with van der Waals surface area (Å²) in [5, 5.41) is 0. The molecule has 0 aromatic carbocycles. The Bertz CT molecular complexity index is 543. The minimum atomic E-state index is -0.0608. The summed E-state index contributed by atoms with van der Waals surface area (Å²) in [5.41, 5.74) is 3.26. The van der Waals surface area contributed by atoms with Gasteiger partial charge in [0.2, 0.25) is 0 Å². The van der Waals surface area contributed by atoms with E-state index in [1.54, 1.807) is 5.57 Å². The van der Waals surface area contributed by atoms with Crippen molar-refractivity contribution < 1.29 is 4.79 Å². The topological polar surface area (TPSA) is 17.1 Å². The maximum Gasteiger partial charge on any atom is 0.139 e. The summed E-state index contributed by atoms with van der Waals surface area (Å²) < 4.78 is 0. The average molecular weight is 405 g/mol. The van der Waals surface area contributed by atoms with Crippen LogP contribution in [0.25, 0.3) is 0 Å². The maximum absolute atomic E-state index is 12.7. The molecule has 0 saturated heterocycles. The third-order valence-corrected chi connectivity index (χ3v) is 7.42. The smallest absolute Gasteiger partial charge is 0.139 e. The Morgan fingerprint density at radius 1 is 1.07 bits per heavy atom. The van der Waals surface area contributed by atoms with Gasteiger partial charge < -0.3 is 0 Å². The standard InChI is InChI=1S/C22H34O.3C2H6/c1-6-10-22(5)19(23)13-16(3)20(22)17-7-8-18-12-15(2)9-11-21(18,4)14-17;3*1-2/h12,16-17,20H,2,6-11,13-14H2,1,3-5H3;3*1-2H3. The molecule has 0 spiro atoms. The second kappa shape index (κ2) is 12.8. The largest absolute Gasteiger partial charge is 0.299 e. The lowest BCUT2D eigenvalue weighted by molar-refractivity contribution is -0.127. The number of Topliss-reactive ketones (excluding diaryl/α,β-unsaturated/α-hetero) is 1. The van der Waals surface area contributed by atoms with Gasteiger partial charge in [-0.05, 0) is 61.7 Å². The fraction of sp³-hybridized carbons (Fsp3) is 0.821. The molecule has 2 saturated carbocycles. The van der Waals surface area contributed by atoms with Gasteiger partial charge in [0.15, 0.2) is 0 Å². The van der Waals surface area contributed by atoms with Crippen LogP contribution in [0.1, 0.15) is 121 Å². The minimum absolute atomic E-state index is 0.0608. The molecule has 3 aliphatic carbocycles.